The van der Waals surface area contributed by atoms with Gasteiger partial charge in [-0.05, 0) is 18.1 Å². The van der Waals surface area contributed by atoms with Crippen LogP contribution in [0.4, 0.5) is 26.3 Å². The zero-order valence-corrected chi connectivity index (χ0v) is 21.5. The Morgan fingerprint density at radius 1 is 1.05 bits per heavy atom. The number of hydrogen-bond donors (Lipinski definition) is 1. The molecule has 2 aliphatic heterocycles. The van der Waals surface area contributed by atoms with Crippen LogP contribution in [0.15, 0.2) is 12.1 Å². The Labute approximate surface area is 219 Å². The molecular weight excluding hydrogens is 558 g/mol. The molecule has 17 heteroatoms. The van der Waals surface area contributed by atoms with Crippen LogP contribution < -0.4 is 5.73 Å². The smallest absolute Gasteiger partial charge is 0.335 e. The molecule has 216 valence electrons. The molecule has 2 aliphatic rings. The number of imidazole rings is 1. The van der Waals surface area contributed by atoms with Crippen molar-refractivity contribution >= 4 is 15.9 Å². The third-order valence-corrected chi connectivity index (χ3v) is 7.77. The summed E-state index contributed by atoms with van der Waals surface area (Å²) in [5.41, 5.74) is 5.32. The van der Waals surface area contributed by atoms with Crippen molar-refractivity contribution in [3.63, 3.8) is 0 Å². The number of benzene rings is 1. The van der Waals surface area contributed by atoms with E-state index in [4.69, 9.17) is 10.6 Å². The van der Waals surface area contributed by atoms with Crippen molar-refractivity contribution in [3.8, 4) is 0 Å². The molecule has 0 spiro atoms. The lowest BCUT2D eigenvalue weighted by Gasteiger charge is -2.33. The molecule has 0 aliphatic carbocycles. The molecule has 1 amide bonds. The van der Waals surface area contributed by atoms with Crippen LogP contribution in [-0.4, -0.2) is 89.8 Å². The molecule has 1 fully saturated rings. The number of amides is 1. The molecule has 10 nitrogen and oxygen atoms in total. The summed E-state index contributed by atoms with van der Waals surface area (Å²) in [6, 6.07) is 0.229. The Kier molecular flexibility index (Phi) is 8.28. The first kappa shape index (κ1) is 29.3. The minimum Gasteiger partial charge on any atom is -0.335 e. The lowest BCUT2D eigenvalue weighted by molar-refractivity contribution is -0.182. The average molecular weight is 585 g/mol. The van der Waals surface area contributed by atoms with Gasteiger partial charge in [-0.25, -0.2) is 26.6 Å². The molecular formula is C22H26F6N6O4S. The largest absolute Gasteiger partial charge is 0.449 e. The van der Waals surface area contributed by atoms with Gasteiger partial charge in [0.1, 0.15) is 5.82 Å². The number of carbonyl (C=O) groups is 1. The first-order valence-electron chi connectivity index (χ1n) is 11.8. The summed E-state index contributed by atoms with van der Waals surface area (Å²) in [4.78, 5) is 23.6. The van der Waals surface area contributed by atoms with Gasteiger partial charge < -0.3 is 15.2 Å². The fourth-order valence-electron chi connectivity index (χ4n) is 4.48. The number of fused-ring (bicyclic) bond motifs is 1. The lowest BCUT2D eigenvalue weighted by Crippen LogP contribution is -2.50. The van der Waals surface area contributed by atoms with Crippen LogP contribution in [0, 0.1) is 17.5 Å². The summed E-state index contributed by atoms with van der Waals surface area (Å²) < 4.78 is 107. The van der Waals surface area contributed by atoms with Gasteiger partial charge in [-0.1, -0.05) is 0 Å². The second kappa shape index (κ2) is 11.0. The van der Waals surface area contributed by atoms with Crippen molar-refractivity contribution < 1.29 is 44.4 Å². The van der Waals surface area contributed by atoms with E-state index in [0.29, 0.717) is 12.1 Å². The predicted octanol–water partition coefficient (Wildman–Crippen LogP) is 1.35. The zero-order chi connectivity index (χ0) is 28.7. The van der Waals surface area contributed by atoms with Crippen LogP contribution >= 0.6 is 0 Å². The predicted molar refractivity (Wildman–Crippen MR) is 124 cm³/mol. The van der Waals surface area contributed by atoms with Crippen LogP contribution in [0.3, 0.4) is 0 Å². The molecule has 1 aromatic carbocycles. The molecule has 2 aromatic rings. The standard InChI is InChI=1S/C22H26F6N6O4S/c1-39(36,37)33-5-2-31(3-6-33)20(35)19-18-11-32(4-7-34(18)21(30-19)22(26,27)28)38-12-14(29)8-13-9-16(24)17(25)10-15(13)23/h9-10,14H,2-8,11-12,29H2,1H3. The number of nitrogens with zero attached hydrogens (tertiary/aromatic N) is 5. The molecule has 4 rings (SSSR count). The highest BCUT2D eigenvalue weighted by molar-refractivity contribution is 7.88. The van der Waals surface area contributed by atoms with Crippen molar-refractivity contribution in [2.24, 2.45) is 5.73 Å². The van der Waals surface area contributed by atoms with E-state index in [0.717, 1.165) is 10.8 Å². The molecule has 1 atom stereocenters. The minimum atomic E-state index is -4.83. The number of halogens is 6. The number of carbonyl (C=O) groups excluding carboxylic acids is 1. The summed E-state index contributed by atoms with van der Waals surface area (Å²) in [5.74, 6) is -5.56. The topological polar surface area (TPSA) is 114 Å². The number of nitrogens with two attached hydrogens (primary N) is 1. The number of hydroxylamine groups is 2. The Balaban J connectivity index is 1.46. The summed E-state index contributed by atoms with van der Waals surface area (Å²) in [6.45, 7) is -0.741. The number of rotatable bonds is 7. The first-order chi connectivity index (χ1) is 18.1. The maximum absolute atomic E-state index is 13.9. The minimum absolute atomic E-state index is 0.00157. The number of hydrogen-bond acceptors (Lipinski definition) is 7. The maximum Gasteiger partial charge on any atom is 0.449 e. The van der Waals surface area contributed by atoms with E-state index < -0.39 is 57.1 Å². The van der Waals surface area contributed by atoms with Crippen molar-refractivity contribution in [3.05, 3.63) is 52.4 Å². The second-order valence-corrected chi connectivity index (χ2v) is 11.3. The van der Waals surface area contributed by atoms with Crippen molar-refractivity contribution in [2.75, 3.05) is 45.6 Å². The molecule has 39 heavy (non-hydrogen) atoms. The maximum atomic E-state index is 13.9. The first-order valence-corrected chi connectivity index (χ1v) is 13.7. The highest BCUT2D eigenvalue weighted by Gasteiger charge is 2.42. The fraction of sp³-hybridized carbons (Fsp3) is 0.545. The van der Waals surface area contributed by atoms with E-state index in [1.54, 1.807) is 0 Å². The van der Waals surface area contributed by atoms with Gasteiger partial charge >= 0.3 is 6.18 Å². The van der Waals surface area contributed by atoms with E-state index in [1.807, 2.05) is 0 Å². The van der Waals surface area contributed by atoms with Gasteiger partial charge in [0.25, 0.3) is 5.91 Å². The number of sulfonamides is 1. The van der Waals surface area contributed by atoms with E-state index in [1.165, 1.54) is 14.3 Å². The van der Waals surface area contributed by atoms with E-state index in [2.05, 4.69) is 4.98 Å². The molecule has 3 heterocycles. The van der Waals surface area contributed by atoms with Crippen LogP contribution in [0.25, 0.3) is 0 Å². The molecule has 1 aromatic heterocycles. The van der Waals surface area contributed by atoms with E-state index in [-0.39, 0.29) is 70.1 Å². The summed E-state index contributed by atoms with van der Waals surface area (Å²) in [7, 11) is -3.48. The summed E-state index contributed by atoms with van der Waals surface area (Å²) in [6.07, 6.45) is -4.00. The van der Waals surface area contributed by atoms with Crippen molar-refractivity contribution in [1.29, 1.82) is 0 Å². The van der Waals surface area contributed by atoms with Crippen LogP contribution in [0.5, 0.6) is 0 Å². The highest BCUT2D eigenvalue weighted by atomic mass is 32.2. The van der Waals surface area contributed by atoms with Crippen molar-refractivity contribution in [1.82, 2.24) is 23.8 Å². The molecule has 1 saturated heterocycles. The van der Waals surface area contributed by atoms with E-state index in [9.17, 15) is 39.6 Å². The quantitative estimate of drug-likeness (QED) is 0.386. The van der Waals surface area contributed by atoms with Crippen LogP contribution in [0.2, 0.25) is 0 Å². The van der Waals surface area contributed by atoms with E-state index >= 15 is 0 Å². The molecule has 0 radical (unpaired) electrons. The van der Waals surface area contributed by atoms with Crippen LogP contribution in [0.1, 0.15) is 27.6 Å². The molecule has 0 bridgehead atoms. The van der Waals surface area contributed by atoms with Gasteiger partial charge in [0.2, 0.25) is 15.8 Å². The Hall–Kier alpha value is -2.73. The number of alkyl halides is 3. The second-order valence-electron chi connectivity index (χ2n) is 9.32. The monoisotopic (exact) mass is 584 g/mol. The molecule has 1 unspecified atom stereocenters. The third-order valence-electron chi connectivity index (χ3n) is 6.47. The van der Waals surface area contributed by atoms with Gasteiger partial charge in [-0.15, -0.1) is 0 Å². The number of aromatic nitrogens is 2. The summed E-state index contributed by atoms with van der Waals surface area (Å²) in [5, 5.41) is 1.29. The third kappa shape index (κ3) is 6.54. The zero-order valence-electron chi connectivity index (χ0n) is 20.7. The number of piperazine rings is 1. The normalized spacial score (nSPS) is 18.3. The van der Waals surface area contributed by atoms with Gasteiger partial charge in [-0.3, -0.25) is 9.63 Å². The van der Waals surface area contributed by atoms with Gasteiger partial charge in [-0.2, -0.15) is 22.5 Å². The van der Waals surface area contributed by atoms with Gasteiger partial charge in [0.15, 0.2) is 17.3 Å². The molecule has 2 N–H and O–H groups in total. The average Bonchev–Trinajstić information content (AvgIpc) is 3.24. The Bertz CT molecular complexity index is 1340. The van der Waals surface area contributed by atoms with Gasteiger partial charge in [0, 0.05) is 51.4 Å². The van der Waals surface area contributed by atoms with Gasteiger partial charge in [0.05, 0.1) is 25.1 Å². The SMILES string of the molecule is CS(=O)(=O)N1CCN(C(=O)c2nc(C(F)(F)F)n3c2CN(OCC(N)Cc2cc(F)c(F)cc2F)CC3)CC1. The fourth-order valence-corrected chi connectivity index (χ4v) is 5.30. The van der Waals surface area contributed by atoms with Crippen molar-refractivity contribution in [2.45, 2.75) is 31.7 Å². The Morgan fingerprint density at radius 2 is 1.69 bits per heavy atom. The lowest BCUT2D eigenvalue weighted by atomic mass is 10.1. The molecule has 0 saturated carbocycles. The highest BCUT2D eigenvalue weighted by Crippen LogP contribution is 2.33. The van der Waals surface area contributed by atoms with Crippen LogP contribution in [-0.2, 0) is 40.5 Å². The summed E-state index contributed by atoms with van der Waals surface area (Å²) >= 11 is 0. The Morgan fingerprint density at radius 3 is 2.31 bits per heavy atom.